The number of rotatable bonds is 9. The van der Waals surface area contributed by atoms with E-state index >= 15 is 0 Å². The van der Waals surface area contributed by atoms with E-state index in [1.54, 1.807) is 42.5 Å². The van der Waals surface area contributed by atoms with Crippen molar-refractivity contribution in [3.63, 3.8) is 0 Å². The topological polar surface area (TPSA) is 75.7 Å². The molecule has 2 atom stereocenters. The summed E-state index contributed by atoms with van der Waals surface area (Å²) < 4.78 is 34.0. The third-order valence-electron chi connectivity index (χ3n) is 5.72. The van der Waals surface area contributed by atoms with Crippen molar-refractivity contribution in [1.29, 1.82) is 0 Å². The number of carbonyl (C=O) groups is 1. The lowest BCUT2D eigenvalue weighted by Crippen LogP contribution is -2.51. The lowest BCUT2D eigenvalue weighted by atomic mass is 9.99. The van der Waals surface area contributed by atoms with Crippen LogP contribution < -0.4 is 14.4 Å². The van der Waals surface area contributed by atoms with Gasteiger partial charge in [-0.2, -0.15) is 0 Å². The van der Waals surface area contributed by atoms with Crippen LogP contribution in [0.2, 0.25) is 0 Å². The van der Waals surface area contributed by atoms with Gasteiger partial charge in [-0.25, -0.2) is 8.42 Å². The molecular weight excluding hydrogens is 412 g/mol. The molecule has 6 nitrogen and oxygen atoms in total. The zero-order chi connectivity index (χ0) is 22.4. The van der Waals surface area contributed by atoms with E-state index in [1.165, 1.54) is 4.31 Å². The number of nitrogens with one attached hydrogen (secondary N) is 1. The molecule has 2 aromatic carbocycles. The SMILES string of the molecule is CCCC[C@H](CC)CNC(=O)[C@@H]1CN(S(=O)(=O)c2ccccc2)c2ccc(C)cc2O1. The largest absolute Gasteiger partial charge is 0.476 e. The Morgan fingerprint density at radius 1 is 1.19 bits per heavy atom. The van der Waals surface area contributed by atoms with Gasteiger partial charge in [-0.3, -0.25) is 9.10 Å². The fraction of sp³-hybridized carbons (Fsp3) is 0.458. The summed E-state index contributed by atoms with van der Waals surface area (Å²) in [6.07, 6.45) is 3.40. The molecule has 1 amide bonds. The van der Waals surface area contributed by atoms with E-state index in [-0.39, 0.29) is 17.3 Å². The number of ether oxygens (including phenoxy) is 1. The highest BCUT2D eigenvalue weighted by Gasteiger charge is 2.37. The number of sulfonamides is 1. The molecule has 0 spiro atoms. The summed E-state index contributed by atoms with van der Waals surface area (Å²) in [5, 5.41) is 2.98. The first-order valence-corrected chi connectivity index (χ1v) is 12.4. The Balaban J connectivity index is 1.84. The maximum Gasteiger partial charge on any atom is 0.264 e. The summed E-state index contributed by atoms with van der Waals surface area (Å²) in [4.78, 5) is 13.1. The monoisotopic (exact) mass is 444 g/mol. The first-order valence-electron chi connectivity index (χ1n) is 11.0. The molecule has 2 aromatic rings. The van der Waals surface area contributed by atoms with Gasteiger partial charge in [-0.15, -0.1) is 0 Å². The molecule has 0 aliphatic carbocycles. The average Bonchev–Trinajstić information content (AvgIpc) is 2.78. The predicted molar refractivity (Wildman–Crippen MR) is 123 cm³/mol. The highest BCUT2D eigenvalue weighted by Crippen LogP contribution is 2.37. The van der Waals surface area contributed by atoms with Gasteiger partial charge < -0.3 is 10.1 Å². The van der Waals surface area contributed by atoms with Crippen LogP contribution >= 0.6 is 0 Å². The van der Waals surface area contributed by atoms with Gasteiger partial charge in [0.2, 0.25) is 0 Å². The lowest BCUT2D eigenvalue weighted by Gasteiger charge is -2.35. The minimum absolute atomic E-state index is 0.0646. The number of carbonyl (C=O) groups excluding carboxylic acids is 1. The normalized spacial score (nSPS) is 16.9. The van der Waals surface area contributed by atoms with Gasteiger partial charge in [0.25, 0.3) is 15.9 Å². The molecule has 168 valence electrons. The number of unbranched alkanes of at least 4 members (excludes halogenated alkanes) is 1. The fourth-order valence-corrected chi connectivity index (χ4v) is 5.24. The molecule has 0 aromatic heterocycles. The Morgan fingerprint density at radius 2 is 1.94 bits per heavy atom. The Morgan fingerprint density at radius 3 is 2.61 bits per heavy atom. The lowest BCUT2D eigenvalue weighted by molar-refractivity contribution is -0.127. The van der Waals surface area contributed by atoms with Crippen molar-refractivity contribution in [3.05, 3.63) is 54.1 Å². The number of benzene rings is 2. The van der Waals surface area contributed by atoms with Crippen LogP contribution in [0.15, 0.2) is 53.4 Å². The van der Waals surface area contributed by atoms with Gasteiger partial charge >= 0.3 is 0 Å². The standard InChI is InChI=1S/C24H32N2O4S/c1-4-6-10-19(5-2)16-25-24(27)23-17-26(21-14-13-18(3)15-22(21)30-23)31(28,29)20-11-8-7-9-12-20/h7-9,11-15,19,23H,4-6,10,16-17H2,1-3H3,(H,25,27)/t19-,23-/m0/s1. The molecule has 31 heavy (non-hydrogen) atoms. The van der Waals surface area contributed by atoms with E-state index < -0.39 is 16.1 Å². The molecule has 1 aliphatic heterocycles. The summed E-state index contributed by atoms with van der Waals surface area (Å²) in [7, 11) is -3.83. The molecule has 3 rings (SSSR count). The van der Waals surface area contributed by atoms with E-state index in [9.17, 15) is 13.2 Å². The molecule has 0 saturated heterocycles. The number of aryl methyl sites for hydroxylation is 1. The Bertz CT molecular complexity index is 992. The van der Waals surface area contributed by atoms with Crippen LogP contribution in [-0.2, 0) is 14.8 Å². The third kappa shape index (κ3) is 5.39. The summed E-state index contributed by atoms with van der Waals surface area (Å²) in [5.74, 6) is 0.533. The number of hydrogen-bond acceptors (Lipinski definition) is 4. The second-order valence-electron chi connectivity index (χ2n) is 8.09. The summed E-state index contributed by atoms with van der Waals surface area (Å²) >= 11 is 0. The highest BCUT2D eigenvalue weighted by atomic mass is 32.2. The molecule has 0 bridgehead atoms. The van der Waals surface area contributed by atoms with E-state index in [0.29, 0.717) is 23.9 Å². The van der Waals surface area contributed by atoms with Crippen molar-refractivity contribution in [2.45, 2.75) is 57.5 Å². The smallest absolute Gasteiger partial charge is 0.264 e. The van der Waals surface area contributed by atoms with Crippen LogP contribution in [0.25, 0.3) is 0 Å². The molecule has 1 N–H and O–H groups in total. The van der Waals surface area contributed by atoms with E-state index in [1.807, 2.05) is 13.0 Å². The number of amides is 1. The molecule has 0 radical (unpaired) electrons. The molecule has 0 fully saturated rings. The highest BCUT2D eigenvalue weighted by molar-refractivity contribution is 7.92. The van der Waals surface area contributed by atoms with Crippen LogP contribution in [0, 0.1) is 12.8 Å². The van der Waals surface area contributed by atoms with Crippen molar-refractivity contribution in [1.82, 2.24) is 5.32 Å². The molecule has 1 aliphatic rings. The van der Waals surface area contributed by atoms with Crippen LogP contribution in [0.5, 0.6) is 5.75 Å². The van der Waals surface area contributed by atoms with Gasteiger partial charge in [-0.05, 0) is 49.1 Å². The van der Waals surface area contributed by atoms with Gasteiger partial charge in [-0.1, -0.05) is 57.4 Å². The Labute approximate surface area is 185 Å². The minimum atomic E-state index is -3.83. The van der Waals surface area contributed by atoms with Crippen LogP contribution in [0.4, 0.5) is 5.69 Å². The number of anilines is 1. The maximum absolute atomic E-state index is 13.4. The van der Waals surface area contributed by atoms with Crippen LogP contribution in [-0.4, -0.2) is 33.5 Å². The number of nitrogens with zero attached hydrogens (tertiary/aromatic N) is 1. The summed E-state index contributed by atoms with van der Waals surface area (Å²) in [6, 6.07) is 13.6. The Hall–Kier alpha value is -2.54. The minimum Gasteiger partial charge on any atom is -0.476 e. The molecule has 1 heterocycles. The second kappa shape index (κ2) is 10.2. The predicted octanol–water partition coefficient (Wildman–Crippen LogP) is 4.28. The van der Waals surface area contributed by atoms with Crippen molar-refractivity contribution in [3.8, 4) is 5.75 Å². The first kappa shape index (κ1) is 23.1. The van der Waals surface area contributed by atoms with E-state index in [4.69, 9.17) is 4.74 Å². The maximum atomic E-state index is 13.4. The summed E-state index contributed by atoms with van der Waals surface area (Å²) in [5.41, 5.74) is 1.38. The van der Waals surface area contributed by atoms with Gasteiger partial charge in [0.1, 0.15) is 5.75 Å². The summed E-state index contributed by atoms with van der Waals surface area (Å²) in [6.45, 7) is 6.69. The average molecular weight is 445 g/mol. The van der Waals surface area contributed by atoms with Crippen molar-refractivity contribution < 1.29 is 17.9 Å². The van der Waals surface area contributed by atoms with Gasteiger partial charge in [0.15, 0.2) is 6.10 Å². The van der Waals surface area contributed by atoms with Crippen LogP contribution in [0.3, 0.4) is 0 Å². The van der Waals surface area contributed by atoms with Crippen LogP contribution in [0.1, 0.15) is 45.1 Å². The molecule has 7 heteroatoms. The Kier molecular flexibility index (Phi) is 7.59. The van der Waals surface area contributed by atoms with Crippen molar-refractivity contribution >= 4 is 21.6 Å². The molecule has 0 saturated carbocycles. The second-order valence-corrected chi connectivity index (χ2v) is 9.95. The molecular formula is C24H32N2O4S. The van der Waals surface area contributed by atoms with Crippen molar-refractivity contribution in [2.75, 3.05) is 17.4 Å². The third-order valence-corrected chi connectivity index (χ3v) is 7.51. The van der Waals surface area contributed by atoms with E-state index in [2.05, 4.69) is 19.2 Å². The first-order chi connectivity index (χ1) is 14.9. The van der Waals surface area contributed by atoms with Gasteiger partial charge in [0, 0.05) is 6.54 Å². The zero-order valence-corrected chi connectivity index (χ0v) is 19.3. The molecule has 0 unspecified atom stereocenters. The van der Waals surface area contributed by atoms with Gasteiger partial charge in [0.05, 0.1) is 17.1 Å². The number of fused-ring (bicyclic) bond motifs is 1. The fourth-order valence-electron chi connectivity index (χ4n) is 3.75. The zero-order valence-electron chi connectivity index (χ0n) is 18.5. The quantitative estimate of drug-likeness (QED) is 0.626. The number of hydrogen-bond donors (Lipinski definition) is 1. The van der Waals surface area contributed by atoms with Crippen molar-refractivity contribution in [2.24, 2.45) is 5.92 Å². The van der Waals surface area contributed by atoms with E-state index in [0.717, 1.165) is 31.2 Å².